The van der Waals surface area contributed by atoms with Crippen molar-refractivity contribution in [2.45, 2.75) is 19.8 Å². The first kappa shape index (κ1) is 11.8. The Morgan fingerprint density at radius 1 is 1.00 bits per heavy atom. The monoisotopic (exact) mass is 253 g/mol. The SMILES string of the molecule is CC(C)c1nc2cc(Oc3ccccc3)ccc2o1. The van der Waals surface area contributed by atoms with Crippen molar-refractivity contribution in [1.82, 2.24) is 4.98 Å². The number of benzene rings is 2. The molecule has 3 aromatic rings. The lowest BCUT2D eigenvalue weighted by Gasteiger charge is -2.04. The number of rotatable bonds is 3. The molecule has 0 spiro atoms. The van der Waals surface area contributed by atoms with Gasteiger partial charge in [0.15, 0.2) is 11.5 Å². The van der Waals surface area contributed by atoms with Crippen molar-refractivity contribution in [3.05, 3.63) is 54.4 Å². The van der Waals surface area contributed by atoms with Gasteiger partial charge >= 0.3 is 0 Å². The minimum atomic E-state index is 0.283. The van der Waals surface area contributed by atoms with Crippen molar-refractivity contribution < 1.29 is 9.15 Å². The zero-order valence-corrected chi connectivity index (χ0v) is 11.0. The second-order valence-corrected chi connectivity index (χ2v) is 4.75. The molecule has 0 fully saturated rings. The first-order valence-corrected chi connectivity index (χ1v) is 6.36. The number of aromatic nitrogens is 1. The molecule has 19 heavy (non-hydrogen) atoms. The maximum absolute atomic E-state index is 5.77. The molecule has 2 aromatic carbocycles. The summed E-state index contributed by atoms with van der Waals surface area (Å²) in [5.41, 5.74) is 1.63. The Morgan fingerprint density at radius 2 is 1.79 bits per heavy atom. The average Bonchev–Trinajstić information content (AvgIpc) is 2.83. The molecule has 0 radical (unpaired) electrons. The van der Waals surface area contributed by atoms with Crippen LogP contribution >= 0.6 is 0 Å². The van der Waals surface area contributed by atoms with E-state index in [0.717, 1.165) is 28.5 Å². The molecule has 1 heterocycles. The summed E-state index contributed by atoms with van der Waals surface area (Å²) in [7, 11) is 0. The number of hydrogen-bond donors (Lipinski definition) is 0. The molecule has 0 unspecified atom stereocenters. The van der Waals surface area contributed by atoms with Crippen LogP contribution in [0.25, 0.3) is 11.1 Å². The van der Waals surface area contributed by atoms with Crippen LogP contribution in [-0.2, 0) is 0 Å². The van der Waals surface area contributed by atoms with Crippen LogP contribution in [-0.4, -0.2) is 4.98 Å². The summed E-state index contributed by atoms with van der Waals surface area (Å²) in [4.78, 5) is 4.47. The third-order valence-electron chi connectivity index (χ3n) is 2.85. The van der Waals surface area contributed by atoms with Gasteiger partial charge in [-0.15, -0.1) is 0 Å². The van der Waals surface area contributed by atoms with Gasteiger partial charge < -0.3 is 9.15 Å². The number of hydrogen-bond acceptors (Lipinski definition) is 3. The van der Waals surface area contributed by atoms with Crippen LogP contribution in [0.5, 0.6) is 11.5 Å². The molecule has 0 N–H and O–H groups in total. The number of ether oxygens (including phenoxy) is 1. The Hall–Kier alpha value is -2.29. The highest BCUT2D eigenvalue weighted by atomic mass is 16.5. The Morgan fingerprint density at radius 3 is 2.53 bits per heavy atom. The maximum atomic E-state index is 5.77. The Kier molecular flexibility index (Phi) is 2.95. The quantitative estimate of drug-likeness (QED) is 0.676. The number of oxazole rings is 1. The summed E-state index contributed by atoms with van der Waals surface area (Å²) < 4.78 is 11.4. The van der Waals surface area contributed by atoms with Crippen molar-refractivity contribution in [2.75, 3.05) is 0 Å². The van der Waals surface area contributed by atoms with E-state index >= 15 is 0 Å². The van der Waals surface area contributed by atoms with Gasteiger partial charge in [-0.2, -0.15) is 0 Å². The lowest BCUT2D eigenvalue weighted by molar-refractivity contribution is 0.482. The summed E-state index contributed by atoms with van der Waals surface area (Å²) in [6.45, 7) is 4.12. The number of nitrogens with zero attached hydrogens (tertiary/aromatic N) is 1. The van der Waals surface area contributed by atoms with Crippen LogP contribution in [0.3, 0.4) is 0 Å². The van der Waals surface area contributed by atoms with Gasteiger partial charge in [-0.25, -0.2) is 4.98 Å². The van der Waals surface area contributed by atoms with Gasteiger partial charge in [0, 0.05) is 12.0 Å². The lowest BCUT2D eigenvalue weighted by atomic mass is 10.2. The summed E-state index contributed by atoms with van der Waals surface area (Å²) in [5.74, 6) is 2.62. The second-order valence-electron chi connectivity index (χ2n) is 4.75. The van der Waals surface area contributed by atoms with Crippen molar-refractivity contribution in [1.29, 1.82) is 0 Å². The lowest BCUT2D eigenvalue weighted by Crippen LogP contribution is -1.85. The normalized spacial score (nSPS) is 11.1. The molecular formula is C16H15NO2. The molecule has 0 aliphatic heterocycles. The third-order valence-corrected chi connectivity index (χ3v) is 2.85. The zero-order chi connectivity index (χ0) is 13.2. The van der Waals surface area contributed by atoms with Crippen LogP contribution in [0.2, 0.25) is 0 Å². The van der Waals surface area contributed by atoms with E-state index in [4.69, 9.17) is 9.15 Å². The molecule has 0 bridgehead atoms. The van der Waals surface area contributed by atoms with Crippen LogP contribution in [0.1, 0.15) is 25.7 Å². The van der Waals surface area contributed by atoms with E-state index < -0.39 is 0 Å². The topological polar surface area (TPSA) is 35.3 Å². The van der Waals surface area contributed by atoms with Gasteiger partial charge in [-0.3, -0.25) is 0 Å². The van der Waals surface area contributed by atoms with E-state index in [1.54, 1.807) is 0 Å². The van der Waals surface area contributed by atoms with Crippen LogP contribution in [0, 0.1) is 0 Å². The minimum absolute atomic E-state index is 0.283. The van der Waals surface area contributed by atoms with E-state index in [-0.39, 0.29) is 5.92 Å². The molecule has 3 nitrogen and oxygen atoms in total. The number of fused-ring (bicyclic) bond motifs is 1. The predicted octanol–water partition coefficient (Wildman–Crippen LogP) is 4.74. The first-order valence-electron chi connectivity index (χ1n) is 6.36. The van der Waals surface area contributed by atoms with Gasteiger partial charge in [-0.05, 0) is 24.3 Å². The Bertz CT molecular complexity index is 686. The first-order chi connectivity index (χ1) is 9.22. The van der Waals surface area contributed by atoms with Gasteiger partial charge in [0.25, 0.3) is 0 Å². The number of para-hydroxylation sites is 1. The van der Waals surface area contributed by atoms with Gasteiger partial charge in [0.2, 0.25) is 0 Å². The largest absolute Gasteiger partial charge is 0.457 e. The van der Waals surface area contributed by atoms with Crippen molar-refractivity contribution in [3.8, 4) is 11.5 Å². The van der Waals surface area contributed by atoms with Crippen molar-refractivity contribution >= 4 is 11.1 Å². The fourth-order valence-electron chi connectivity index (χ4n) is 1.86. The fraction of sp³-hybridized carbons (Fsp3) is 0.188. The zero-order valence-electron chi connectivity index (χ0n) is 11.0. The summed E-state index contributed by atoms with van der Waals surface area (Å²) in [6.07, 6.45) is 0. The average molecular weight is 253 g/mol. The van der Waals surface area contributed by atoms with E-state index in [2.05, 4.69) is 18.8 Å². The van der Waals surface area contributed by atoms with E-state index in [0.29, 0.717) is 0 Å². The standard InChI is InChI=1S/C16H15NO2/c1-11(2)16-17-14-10-13(8-9-15(14)19-16)18-12-6-4-3-5-7-12/h3-11H,1-2H3. The van der Waals surface area contributed by atoms with Crippen molar-refractivity contribution in [3.63, 3.8) is 0 Å². The predicted molar refractivity (Wildman–Crippen MR) is 74.6 cm³/mol. The van der Waals surface area contributed by atoms with Crippen molar-refractivity contribution in [2.24, 2.45) is 0 Å². The van der Waals surface area contributed by atoms with Crippen LogP contribution in [0.15, 0.2) is 52.9 Å². The molecule has 0 aliphatic carbocycles. The molecular weight excluding hydrogens is 238 g/mol. The van der Waals surface area contributed by atoms with Gasteiger partial charge in [-0.1, -0.05) is 32.0 Å². The van der Waals surface area contributed by atoms with Gasteiger partial charge in [0.1, 0.15) is 17.0 Å². The fourth-order valence-corrected chi connectivity index (χ4v) is 1.86. The third kappa shape index (κ3) is 2.45. The summed E-state index contributed by atoms with van der Waals surface area (Å²) >= 11 is 0. The smallest absolute Gasteiger partial charge is 0.198 e. The molecule has 3 heteroatoms. The Balaban J connectivity index is 1.93. The molecule has 1 aromatic heterocycles. The van der Waals surface area contributed by atoms with Crippen LogP contribution in [0.4, 0.5) is 0 Å². The van der Waals surface area contributed by atoms with E-state index in [1.165, 1.54) is 0 Å². The highest BCUT2D eigenvalue weighted by molar-refractivity contribution is 5.74. The molecule has 0 saturated heterocycles. The minimum Gasteiger partial charge on any atom is -0.457 e. The summed E-state index contributed by atoms with van der Waals surface area (Å²) in [6, 6.07) is 15.4. The van der Waals surface area contributed by atoms with E-state index in [1.807, 2.05) is 48.5 Å². The summed E-state index contributed by atoms with van der Waals surface area (Å²) in [5, 5.41) is 0. The molecule has 3 rings (SSSR count). The van der Waals surface area contributed by atoms with Crippen LogP contribution < -0.4 is 4.74 Å². The highest BCUT2D eigenvalue weighted by Crippen LogP contribution is 2.27. The maximum Gasteiger partial charge on any atom is 0.198 e. The molecule has 0 saturated carbocycles. The molecule has 96 valence electrons. The van der Waals surface area contributed by atoms with E-state index in [9.17, 15) is 0 Å². The highest BCUT2D eigenvalue weighted by Gasteiger charge is 2.10. The molecule has 0 atom stereocenters. The molecule has 0 amide bonds. The van der Waals surface area contributed by atoms with Gasteiger partial charge in [0.05, 0.1) is 0 Å². The molecule has 0 aliphatic rings. The Labute approximate surface area is 111 Å². The second kappa shape index (κ2) is 4.76.